The predicted octanol–water partition coefficient (Wildman–Crippen LogP) is 2.79. The van der Waals surface area contributed by atoms with Crippen molar-refractivity contribution in [2.75, 3.05) is 5.43 Å². The molecule has 0 saturated heterocycles. The zero-order valence-electron chi connectivity index (χ0n) is 8.20. The minimum absolute atomic E-state index is 0.181. The highest BCUT2D eigenvalue weighted by Crippen LogP contribution is 2.31. The number of nitrogens with one attached hydrogen (secondary N) is 1. The zero-order valence-corrected chi connectivity index (χ0v) is 10.5. The summed E-state index contributed by atoms with van der Waals surface area (Å²) in [5.74, 6) is 0. The third-order valence-electron chi connectivity index (χ3n) is 1.71. The van der Waals surface area contributed by atoms with Crippen molar-refractivity contribution in [3.8, 4) is 18.2 Å². The molecule has 1 N–H and O–H groups in total. The minimum Gasteiger partial charge on any atom is -0.275 e. The lowest BCUT2D eigenvalue weighted by Crippen LogP contribution is -1.98. The average molecular weight is 309 g/mol. The molecule has 82 valence electrons. The Labute approximate surface area is 111 Å². The Bertz CT molecular complexity index is 587. The number of hydrazone groups is 1. The quantitative estimate of drug-likeness (QED) is 0.671. The maximum atomic E-state index is 8.93. The summed E-state index contributed by atoms with van der Waals surface area (Å²) in [5, 5.41) is 29.7. The van der Waals surface area contributed by atoms with Gasteiger partial charge in [-0.05, 0) is 28.1 Å². The van der Waals surface area contributed by atoms with Crippen LogP contribution in [0.3, 0.4) is 0 Å². The van der Waals surface area contributed by atoms with Gasteiger partial charge in [-0.25, -0.2) is 0 Å². The van der Waals surface area contributed by atoms with E-state index in [1.165, 1.54) is 0 Å². The molecule has 5 nitrogen and oxygen atoms in total. The van der Waals surface area contributed by atoms with Gasteiger partial charge in [-0.15, -0.1) is 0 Å². The molecule has 0 saturated carbocycles. The van der Waals surface area contributed by atoms with Crippen LogP contribution in [-0.4, -0.2) is 5.71 Å². The highest BCUT2D eigenvalue weighted by Gasteiger charge is 2.09. The fraction of sp³-hybridized carbons (Fsp3) is 0. The fourth-order valence-corrected chi connectivity index (χ4v) is 1.48. The molecule has 0 aliphatic carbocycles. The SMILES string of the molecule is N#CC(C#N)=NNc1ccc(Br)c(Cl)c1C#N. The van der Waals surface area contributed by atoms with Crippen molar-refractivity contribution in [2.45, 2.75) is 0 Å². The molecule has 7 heteroatoms. The molecule has 0 aliphatic heterocycles. The lowest BCUT2D eigenvalue weighted by Gasteiger charge is -2.05. The molecule has 0 aliphatic rings. The molecular weight excluding hydrogens is 306 g/mol. The Balaban J connectivity index is 3.16. The van der Waals surface area contributed by atoms with Gasteiger partial charge in [0.15, 0.2) is 0 Å². The Kier molecular flexibility index (Phi) is 4.48. The summed E-state index contributed by atoms with van der Waals surface area (Å²) in [5.41, 5.74) is 2.61. The van der Waals surface area contributed by atoms with Crippen LogP contribution in [0.4, 0.5) is 5.69 Å². The number of hydrogen-bond donors (Lipinski definition) is 1. The van der Waals surface area contributed by atoms with Crippen molar-refractivity contribution in [1.29, 1.82) is 15.8 Å². The van der Waals surface area contributed by atoms with E-state index in [1.807, 2.05) is 6.07 Å². The van der Waals surface area contributed by atoms with E-state index in [2.05, 4.69) is 26.5 Å². The third-order valence-corrected chi connectivity index (χ3v) is 2.99. The summed E-state index contributed by atoms with van der Waals surface area (Å²) in [6.45, 7) is 0. The molecule has 0 atom stereocenters. The van der Waals surface area contributed by atoms with Crippen LogP contribution in [0.15, 0.2) is 21.7 Å². The van der Waals surface area contributed by atoms with Gasteiger partial charge in [0, 0.05) is 4.47 Å². The Morgan fingerprint density at radius 1 is 1.29 bits per heavy atom. The Morgan fingerprint density at radius 3 is 2.47 bits per heavy atom. The van der Waals surface area contributed by atoms with Gasteiger partial charge in [0.2, 0.25) is 5.71 Å². The smallest absolute Gasteiger partial charge is 0.237 e. The molecular formula is C10H3BrClN5. The maximum Gasteiger partial charge on any atom is 0.237 e. The van der Waals surface area contributed by atoms with E-state index in [-0.39, 0.29) is 16.3 Å². The number of halogens is 2. The molecule has 0 unspecified atom stereocenters. The van der Waals surface area contributed by atoms with Crippen molar-refractivity contribution in [1.82, 2.24) is 0 Å². The van der Waals surface area contributed by atoms with E-state index in [4.69, 9.17) is 27.4 Å². The minimum atomic E-state index is -0.340. The van der Waals surface area contributed by atoms with Gasteiger partial charge in [0.1, 0.15) is 18.2 Å². The van der Waals surface area contributed by atoms with E-state index >= 15 is 0 Å². The second-order valence-electron chi connectivity index (χ2n) is 2.69. The number of nitriles is 3. The standard InChI is InChI=1S/C10H3BrClN5/c11-8-1-2-9(7(5-15)10(8)12)17-16-6(3-13)4-14/h1-2,17H. The number of nitrogens with zero attached hydrogens (tertiary/aromatic N) is 4. The lowest BCUT2D eigenvalue weighted by molar-refractivity contribution is 1.32. The van der Waals surface area contributed by atoms with Crippen LogP contribution < -0.4 is 5.43 Å². The lowest BCUT2D eigenvalue weighted by atomic mass is 10.2. The molecule has 0 heterocycles. The molecule has 1 rings (SSSR count). The van der Waals surface area contributed by atoms with Gasteiger partial charge in [-0.1, -0.05) is 11.6 Å². The van der Waals surface area contributed by atoms with Crippen LogP contribution >= 0.6 is 27.5 Å². The highest BCUT2D eigenvalue weighted by molar-refractivity contribution is 9.10. The average Bonchev–Trinajstić information content (AvgIpc) is 2.35. The molecule has 17 heavy (non-hydrogen) atoms. The van der Waals surface area contributed by atoms with Crippen LogP contribution in [-0.2, 0) is 0 Å². The molecule has 0 amide bonds. The first-order valence-corrected chi connectivity index (χ1v) is 5.33. The van der Waals surface area contributed by atoms with Crippen LogP contribution in [0.5, 0.6) is 0 Å². The monoisotopic (exact) mass is 307 g/mol. The van der Waals surface area contributed by atoms with Gasteiger partial charge >= 0.3 is 0 Å². The van der Waals surface area contributed by atoms with E-state index in [0.717, 1.165) is 0 Å². The first-order chi connectivity index (χ1) is 8.13. The zero-order chi connectivity index (χ0) is 12.8. The number of hydrogen-bond acceptors (Lipinski definition) is 5. The Hall–Kier alpha value is -2.07. The molecule has 0 radical (unpaired) electrons. The van der Waals surface area contributed by atoms with Gasteiger partial charge in [0.25, 0.3) is 0 Å². The van der Waals surface area contributed by atoms with Crippen molar-refractivity contribution in [3.63, 3.8) is 0 Å². The molecule has 0 spiro atoms. The molecule has 1 aromatic rings. The maximum absolute atomic E-state index is 8.93. The third kappa shape index (κ3) is 2.95. The first-order valence-electron chi connectivity index (χ1n) is 4.16. The summed E-state index contributed by atoms with van der Waals surface area (Å²) in [6.07, 6.45) is 0. The van der Waals surface area contributed by atoms with Crippen molar-refractivity contribution >= 4 is 38.9 Å². The summed E-state index contributed by atoms with van der Waals surface area (Å²) < 4.78 is 0.575. The van der Waals surface area contributed by atoms with E-state index in [0.29, 0.717) is 10.2 Å². The number of rotatable bonds is 2. The second kappa shape index (κ2) is 5.86. The summed E-state index contributed by atoms with van der Waals surface area (Å²) in [6, 6.07) is 8.26. The van der Waals surface area contributed by atoms with Gasteiger partial charge in [-0.2, -0.15) is 20.9 Å². The Morgan fingerprint density at radius 2 is 1.94 bits per heavy atom. The first kappa shape index (κ1) is 13.0. The van der Waals surface area contributed by atoms with Crippen LogP contribution in [0, 0.1) is 34.0 Å². The predicted molar refractivity (Wildman–Crippen MR) is 66.2 cm³/mol. The summed E-state index contributed by atoms with van der Waals surface area (Å²) >= 11 is 9.07. The normalized spacial score (nSPS) is 8.41. The van der Waals surface area contributed by atoms with E-state index < -0.39 is 0 Å². The molecule has 1 aromatic carbocycles. The molecule has 0 bridgehead atoms. The summed E-state index contributed by atoms with van der Waals surface area (Å²) in [4.78, 5) is 0. The van der Waals surface area contributed by atoms with Gasteiger partial charge in [-0.3, -0.25) is 5.43 Å². The van der Waals surface area contributed by atoms with Crippen molar-refractivity contribution in [3.05, 3.63) is 27.2 Å². The van der Waals surface area contributed by atoms with Crippen LogP contribution in [0.1, 0.15) is 5.56 Å². The van der Waals surface area contributed by atoms with Gasteiger partial charge in [0.05, 0.1) is 16.3 Å². The fourth-order valence-electron chi connectivity index (χ4n) is 0.944. The summed E-state index contributed by atoms with van der Waals surface area (Å²) in [7, 11) is 0. The van der Waals surface area contributed by atoms with Crippen LogP contribution in [0.25, 0.3) is 0 Å². The van der Waals surface area contributed by atoms with E-state index in [1.54, 1.807) is 24.3 Å². The van der Waals surface area contributed by atoms with Crippen molar-refractivity contribution < 1.29 is 0 Å². The topological polar surface area (TPSA) is 95.8 Å². The highest BCUT2D eigenvalue weighted by atomic mass is 79.9. The molecule has 0 fully saturated rings. The number of benzene rings is 1. The largest absolute Gasteiger partial charge is 0.275 e. The molecule has 0 aromatic heterocycles. The van der Waals surface area contributed by atoms with E-state index in [9.17, 15) is 0 Å². The number of anilines is 1. The van der Waals surface area contributed by atoms with Crippen molar-refractivity contribution in [2.24, 2.45) is 5.10 Å². The van der Waals surface area contributed by atoms with Crippen LogP contribution in [0.2, 0.25) is 5.02 Å². The second-order valence-corrected chi connectivity index (χ2v) is 3.92. The van der Waals surface area contributed by atoms with Gasteiger partial charge < -0.3 is 0 Å².